The Kier molecular flexibility index (Phi) is 7.75. The van der Waals surface area contributed by atoms with Gasteiger partial charge < -0.3 is 14.5 Å². The first-order valence-corrected chi connectivity index (χ1v) is 14.6. The summed E-state index contributed by atoms with van der Waals surface area (Å²) in [6.45, 7) is 1.86. The van der Waals surface area contributed by atoms with Gasteiger partial charge in [-0.2, -0.15) is 5.26 Å². The molecule has 4 heterocycles. The second-order valence-electron chi connectivity index (χ2n) is 10.4. The number of imide groups is 1. The molecule has 1 N–H and O–H groups in total. The van der Waals surface area contributed by atoms with Crippen LogP contribution in [0.5, 0.6) is 5.75 Å². The average Bonchev–Trinajstić information content (AvgIpc) is 3.33. The maximum Gasteiger partial charge on any atom is 0.255 e. The quantitative estimate of drug-likeness (QED) is 0.326. The Morgan fingerprint density at radius 1 is 1.10 bits per heavy atom. The van der Waals surface area contributed by atoms with Crippen LogP contribution in [0.3, 0.4) is 0 Å². The highest BCUT2D eigenvalue weighted by Crippen LogP contribution is 2.34. The number of rotatable bonds is 7. The van der Waals surface area contributed by atoms with Crippen LogP contribution in [0.1, 0.15) is 52.7 Å². The number of ether oxygens (including phenoxy) is 1. The van der Waals surface area contributed by atoms with E-state index in [1.807, 2.05) is 11.0 Å². The summed E-state index contributed by atoms with van der Waals surface area (Å²) in [6, 6.07) is 11.1. The topological polar surface area (TPSA) is 129 Å². The SMILES string of the molecule is N#Cc1ccc(N2CCC(Sc3ncc(COc4cccc5c4CN([C@H]4CCC(=O)NC4=O)C5=O)cn3)CC2)c(F)c1. The first-order chi connectivity index (χ1) is 20.4. The van der Waals surface area contributed by atoms with Gasteiger partial charge in [0.2, 0.25) is 11.8 Å². The van der Waals surface area contributed by atoms with Crippen LogP contribution < -0.4 is 15.0 Å². The molecule has 1 aromatic heterocycles. The smallest absolute Gasteiger partial charge is 0.255 e. The second-order valence-corrected chi connectivity index (χ2v) is 11.7. The molecule has 0 aliphatic carbocycles. The molecule has 10 nitrogen and oxygen atoms in total. The standard InChI is InChI=1S/C30H27FN6O4S/c31-23-12-18(13-32)4-5-24(23)36-10-8-20(9-11-36)42-30-33-14-19(15-34-30)17-41-26-3-1-2-21-22(26)16-37(29(21)40)25-6-7-27(38)35-28(25)39/h1-5,12,14-15,20,25H,6-11,16-17H2,(H,35,38,39)/t25-/m0/s1. The number of carbonyl (C=O) groups excluding carboxylic acids is 3. The Labute approximate surface area is 245 Å². The fraction of sp³-hybridized carbons (Fsp3) is 0.333. The van der Waals surface area contributed by atoms with Crippen LogP contribution >= 0.6 is 11.8 Å². The Bertz CT molecular complexity index is 1590. The highest BCUT2D eigenvalue weighted by molar-refractivity contribution is 7.99. The summed E-state index contributed by atoms with van der Waals surface area (Å²) in [6.07, 6.45) is 5.65. The molecule has 42 heavy (non-hydrogen) atoms. The number of halogens is 1. The lowest BCUT2D eigenvalue weighted by atomic mass is 10.0. The van der Waals surface area contributed by atoms with Gasteiger partial charge in [-0.25, -0.2) is 14.4 Å². The van der Waals surface area contributed by atoms with E-state index in [9.17, 15) is 18.8 Å². The molecule has 3 amide bonds. The molecule has 0 spiro atoms. The number of aromatic nitrogens is 2. The van der Waals surface area contributed by atoms with E-state index in [1.54, 1.807) is 54.5 Å². The lowest BCUT2D eigenvalue weighted by Gasteiger charge is -2.33. The first-order valence-electron chi connectivity index (χ1n) is 13.7. The number of hydrogen-bond acceptors (Lipinski definition) is 9. The zero-order valence-electron chi connectivity index (χ0n) is 22.6. The number of nitrogens with zero attached hydrogens (tertiary/aromatic N) is 5. The number of thioether (sulfide) groups is 1. The second kappa shape index (κ2) is 11.8. The first kappa shape index (κ1) is 27.7. The van der Waals surface area contributed by atoms with E-state index < -0.39 is 11.9 Å². The molecule has 3 aromatic rings. The molecule has 2 aromatic carbocycles. The van der Waals surface area contributed by atoms with Crippen LogP contribution in [-0.4, -0.2) is 57.0 Å². The van der Waals surface area contributed by atoms with E-state index in [0.29, 0.717) is 58.0 Å². The van der Waals surface area contributed by atoms with Gasteiger partial charge in [-0.05, 0) is 49.6 Å². The van der Waals surface area contributed by atoms with Crippen LogP contribution in [0.4, 0.5) is 10.1 Å². The third-order valence-corrected chi connectivity index (χ3v) is 8.97. The van der Waals surface area contributed by atoms with Gasteiger partial charge in [0.25, 0.3) is 5.91 Å². The molecule has 12 heteroatoms. The summed E-state index contributed by atoms with van der Waals surface area (Å²) >= 11 is 1.60. The summed E-state index contributed by atoms with van der Waals surface area (Å²) in [5.74, 6) is -0.837. The minimum Gasteiger partial charge on any atom is -0.488 e. The normalized spacial score (nSPS) is 19.0. The van der Waals surface area contributed by atoms with Crippen molar-refractivity contribution in [3.05, 3.63) is 76.9 Å². The number of nitrogens with one attached hydrogen (secondary N) is 1. The summed E-state index contributed by atoms with van der Waals surface area (Å²) in [5, 5.41) is 12.2. The monoisotopic (exact) mass is 586 g/mol. The van der Waals surface area contributed by atoms with Gasteiger partial charge in [0.15, 0.2) is 5.16 Å². The maximum absolute atomic E-state index is 14.4. The Morgan fingerprint density at radius 3 is 2.60 bits per heavy atom. The number of carbonyl (C=O) groups is 3. The largest absolute Gasteiger partial charge is 0.488 e. The molecule has 3 aliphatic heterocycles. The molecular weight excluding hydrogens is 559 g/mol. The molecule has 0 bridgehead atoms. The zero-order valence-corrected chi connectivity index (χ0v) is 23.4. The molecule has 1 atom stereocenters. The average molecular weight is 587 g/mol. The van der Waals surface area contributed by atoms with Crippen molar-refractivity contribution in [3.8, 4) is 11.8 Å². The summed E-state index contributed by atoms with van der Waals surface area (Å²) in [7, 11) is 0. The minimum atomic E-state index is -0.682. The lowest BCUT2D eigenvalue weighted by Crippen LogP contribution is -2.52. The summed E-state index contributed by atoms with van der Waals surface area (Å²) in [4.78, 5) is 49.4. The minimum absolute atomic E-state index is 0.200. The van der Waals surface area contributed by atoms with E-state index >= 15 is 0 Å². The van der Waals surface area contributed by atoms with Crippen molar-refractivity contribution < 1.29 is 23.5 Å². The molecule has 0 radical (unpaired) electrons. The number of hydrogen-bond donors (Lipinski definition) is 1. The highest BCUT2D eigenvalue weighted by Gasteiger charge is 2.40. The number of anilines is 1. The van der Waals surface area contributed by atoms with E-state index in [4.69, 9.17) is 10.00 Å². The number of piperidine rings is 2. The van der Waals surface area contributed by atoms with Crippen molar-refractivity contribution in [1.29, 1.82) is 5.26 Å². The van der Waals surface area contributed by atoms with Gasteiger partial charge in [-0.15, -0.1) is 0 Å². The fourth-order valence-electron chi connectivity index (χ4n) is 5.53. The van der Waals surface area contributed by atoms with Crippen LogP contribution in [0, 0.1) is 17.1 Å². The van der Waals surface area contributed by atoms with Gasteiger partial charge in [0.05, 0.1) is 23.9 Å². The van der Waals surface area contributed by atoms with Gasteiger partial charge in [0.1, 0.15) is 24.2 Å². The molecule has 6 rings (SSSR count). The van der Waals surface area contributed by atoms with Crippen molar-refractivity contribution in [2.45, 2.75) is 55.3 Å². The summed E-state index contributed by atoms with van der Waals surface area (Å²) in [5.41, 5.74) is 2.82. The Morgan fingerprint density at radius 2 is 1.88 bits per heavy atom. The molecule has 214 valence electrons. The number of nitriles is 1. The fourth-order valence-corrected chi connectivity index (χ4v) is 6.50. The molecule has 2 saturated heterocycles. The van der Waals surface area contributed by atoms with Gasteiger partial charge >= 0.3 is 0 Å². The third-order valence-electron chi connectivity index (χ3n) is 7.75. The molecule has 3 aliphatic rings. The van der Waals surface area contributed by atoms with Crippen molar-refractivity contribution >= 4 is 35.2 Å². The van der Waals surface area contributed by atoms with Crippen LogP contribution in [-0.2, 0) is 22.7 Å². The van der Waals surface area contributed by atoms with E-state index in [-0.39, 0.29) is 37.2 Å². The predicted molar refractivity (Wildman–Crippen MR) is 151 cm³/mol. The summed E-state index contributed by atoms with van der Waals surface area (Å²) < 4.78 is 20.5. The van der Waals surface area contributed by atoms with Crippen molar-refractivity contribution in [1.82, 2.24) is 20.2 Å². The van der Waals surface area contributed by atoms with Gasteiger partial charge in [0, 0.05) is 53.8 Å². The van der Waals surface area contributed by atoms with Crippen molar-refractivity contribution in [2.75, 3.05) is 18.0 Å². The lowest BCUT2D eigenvalue weighted by molar-refractivity contribution is -0.136. The zero-order chi connectivity index (χ0) is 29.2. The van der Waals surface area contributed by atoms with E-state index in [1.165, 1.54) is 11.0 Å². The number of benzene rings is 2. The molecule has 0 unspecified atom stereocenters. The molecule has 2 fully saturated rings. The Balaban J connectivity index is 1.02. The molecule has 0 saturated carbocycles. The van der Waals surface area contributed by atoms with Crippen LogP contribution in [0.15, 0.2) is 53.9 Å². The maximum atomic E-state index is 14.4. The Hall–Kier alpha value is -4.50. The predicted octanol–water partition coefficient (Wildman–Crippen LogP) is 3.59. The van der Waals surface area contributed by atoms with Crippen molar-refractivity contribution in [2.24, 2.45) is 0 Å². The molecular formula is C30H27FN6O4S. The van der Waals surface area contributed by atoms with Gasteiger partial charge in [-0.3, -0.25) is 19.7 Å². The number of amides is 3. The highest BCUT2D eigenvalue weighted by atomic mass is 32.2. The van der Waals surface area contributed by atoms with E-state index in [0.717, 1.165) is 18.4 Å². The third kappa shape index (κ3) is 5.65. The van der Waals surface area contributed by atoms with Gasteiger partial charge in [-0.1, -0.05) is 17.8 Å². The van der Waals surface area contributed by atoms with E-state index in [2.05, 4.69) is 15.3 Å². The van der Waals surface area contributed by atoms with Crippen molar-refractivity contribution in [3.63, 3.8) is 0 Å². The van der Waals surface area contributed by atoms with Crippen LogP contribution in [0.2, 0.25) is 0 Å². The van der Waals surface area contributed by atoms with Crippen LogP contribution in [0.25, 0.3) is 0 Å². The number of fused-ring (bicyclic) bond motifs is 1.